The lowest BCUT2D eigenvalue weighted by atomic mass is 10.1. The van der Waals surface area contributed by atoms with Gasteiger partial charge < -0.3 is 11.1 Å². The van der Waals surface area contributed by atoms with Crippen molar-refractivity contribution in [3.63, 3.8) is 0 Å². The van der Waals surface area contributed by atoms with Crippen LogP contribution in [0.3, 0.4) is 0 Å². The molecular weight excluding hydrogens is 233 g/mol. The summed E-state index contributed by atoms with van der Waals surface area (Å²) in [6, 6.07) is 0. The summed E-state index contributed by atoms with van der Waals surface area (Å²) in [6.07, 6.45) is -3.03. The molecule has 0 aliphatic heterocycles. The Balaban J connectivity index is 2.84. The number of nitrogens with zero attached hydrogens (tertiary/aromatic N) is 2. The van der Waals surface area contributed by atoms with E-state index in [1.165, 1.54) is 0 Å². The zero-order chi connectivity index (χ0) is 13.1. The zero-order valence-electron chi connectivity index (χ0n) is 9.67. The van der Waals surface area contributed by atoms with Gasteiger partial charge in [0.15, 0.2) is 0 Å². The van der Waals surface area contributed by atoms with E-state index in [-0.39, 0.29) is 11.8 Å². The molecule has 0 spiro atoms. The highest BCUT2D eigenvalue weighted by atomic mass is 19.4. The predicted molar refractivity (Wildman–Crippen MR) is 59.4 cm³/mol. The highest BCUT2D eigenvalue weighted by Gasteiger charge is 2.35. The molecule has 0 saturated carbocycles. The van der Waals surface area contributed by atoms with Crippen molar-refractivity contribution in [1.29, 1.82) is 0 Å². The molecule has 1 rings (SSSR count). The molecule has 0 saturated heterocycles. The first kappa shape index (κ1) is 13.5. The van der Waals surface area contributed by atoms with Crippen LogP contribution in [-0.2, 0) is 6.18 Å². The second-order valence-corrected chi connectivity index (χ2v) is 4.10. The Morgan fingerprint density at radius 1 is 1.41 bits per heavy atom. The summed E-state index contributed by atoms with van der Waals surface area (Å²) in [5.74, 6) is -0.0354. The van der Waals surface area contributed by atoms with Crippen molar-refractivity contribution >= 4 is 11.8 Å². The topological polar surface area (TPSA) is 63.8 Å². The van der Waals surface area contributed by atoms with Gasteiger partial charge in [-0.15, -0.1) is 0 Å². The fraction of sp³-hybridized carbons (Fsp3) is 0.600. The molecule has 7 heteroatoms. The molecule has 1 aromatic heterocycles. The first-order chi connectivity index (χ1) is 7.80. The van der Waals surface area contributed by atoms with Crippen molar-refractivity contribution in [1.82, 2.24) is 9.97 Å². The minimum Gasteiger partial charge on any atom is -0.369 e. The van der Waals surface area contributed by atoms with E-state index in [1.807, 2.05) is 13.8 Å². The monoisotopic (exact) mass is 248 g/mol. The van der Waals surface area contributed by atoms with Crippen LogP contribution in [0.25, 0.3) is 0 Å². The minimum absolute atomic E-state index is 0.176. The van der Waals surface area contributed by atoms with Gasteiger partial charge in [-0.25, -0.2) is 4.98 Å². The van der Waals surface area contributed by atoms with Crippen molar-refractivity contribution in [2.75, 3.05) is 17.6 Å². The van der Waals surface area contributed by atoms with Gasteiger partial charge in [0.05, 0.1) is 0 Å². The molecule has 0 unspecified atom stereocenters. The summed E-state index contributed by atoms with van der Waals surface area (Å²) < 4.78 is 37.8. The number of nitrogens with one attached hydrogen (secondary N) is 1. The maximum Gasteiger partial charge on any atom is 0.421 e. The maximum absolute atomic E-state index is 12.6. The quantitative estimate of drug-likeness (QED) is 0.859. The number of hydrogen-bond acceptors (Lipinski definition) is 4. The lowest BCUT2D eigenvalue weighted by molar-refractivity contribution is -0.137. The van der Waals surface area contributed by atoms with Gasteiger partial charge in [-0.3, -0.25) is 0 Å². The van der Waals surface area contributed by atoms with E-state index in [0.717, 1.165) is 6.42 Å². The van der Waals surface area contributed by atoms with E-state index in [4.69, 9.17) is 5.73 Å². The summed E-state index contributed by atoms with van der Waals surface area (Å²) >= 11 is 0. The predicted octanol–water partition coefficient (Wildman–Crippen LogP) is 2.54. The Bertz CT molecular complexity index is 376. The molecule has 0 bridgehead atoms. The lowest BCUT2D eigenvalue weighted by Crippen LogP contribution is -2.15. The average Bonchev–Trinajstić information content (AvgIpc) is 2.15. The molecule has 0 aromatic carbocycles. The first-order valence-corrected chi connectivity index (χ1v) is 5.24. The van der Waals surface area contributed by atoms with Crippen LogP contribution in [0, 0.1) is 5.92 Å². The van der Waals surface area contributed by atoms with Crippen molar-refractivity contribution in [2.45, 2.75) is 26.4 Å². The molecule has 96 valence electrons. The number of aromatic nitrogens is 2. The van der Waals surface area contributed by atoms with Gasteiger partial charge in [0.1, 0.15) is 11.4 Å². The number of halogens is 3. The molecular formula is C10H15F3N4. The summed E-state index contributed by atoms with van der Waals surface area (Å²) in [7, 11) is 0. The Labute approximate surface area is 97.4 Å². The van der Waals surface area contributed by atoms with Crippen LogP contribution in [0.1, 0.15) is 25.8 Å². The minimum atomic E-state index is -4.48. The van der Waals surface area contributed by atoms with Crippen LogP contribution in [-0.4, -0.2) is 16.5 Å². The molecule has 0 aliphatic carbocycles. The molecule has 0 atom stereocenters. The molecule has 1 aromatic rings. The number of nitrogens with two attached hydrogens (primary N) is 1. The van der Waals surface area contributed by atoms with Crippen molar-refractivity contribution < 1.29 is 13.2 Å². The van der Waals surface area contributed by atoms with Crippen molar-refractivity contribution in [2.24, 2.45) is 5.92 Å². The highest BCUT2D eigenvalue weighted by Crippen LogP contribution is 2.33. The molecule has 0 aliphatic rings. The Kier molecular flexibility index (Phi) is 4.14. The van der Waals surface area contributed by atoms with Gasteiger partial charge in [-0.05, 0) is 12.3 Å². The lowest BCUT2D eigenvalue weighted by Gasteiger charge is -2.13. The number of alkyl halides is 3. The molecule has 0 fully saturated rings. The second-order valence-electron chi connectivity index (χ2n) is 4.10. The Morgan fingerprint density at radius 3 is 2.59 bits per heavy atom. The third-order valence-corrected chi connectivity index (χ3v) is 2.13. The van der Waals surface area contributed by atoms with E-state index in [9.17, 15) is 13.2 Å². The number of anilines is 2. The molecule has 3 N–H and O–H groups in total. The first-order valence-electron chi connectivity index (χ1n) is 5.24. The molecule has 0 amide bonds. The fourth-order valence-corrected chi connectivity index (χ4v) is 1.22. The van der Waals surface area contributed by atoms with Crippen LogP contribution in [0.2, 0.25) is 0 Å². The van der Waals surface area contributed by atoms with Crippen LogP contribution in [0.5, 0.6) is 0 Å². The molecule has 17 heavy (non-hydrogen) atoms. The summed E-state index contributed by atoms with van der Waals surface area (Å²) in [4.78, 5) is 6.93. The summed E-state index contributed by atoms with van der Waals surface area (Å²) in [6.45, 7) is 4.39. The van der Waals surface area contributed by atoms with Gasteiger partial charge in [0.25, 0.3) is 0 Å². The van der Waals surface area contributed by atoms with E-state index in [0.29, 0.717) is 18.7 Å². The standard InChI is InChI=1S/C10H15F3N4/c1-6(2)3-4-15-8-7(10(11,12)13)5-16-9(14)17-8/h5-6H,3-4H2,1-2H3,(H3,14,15,16,17). The third-order valence-electron chi connectivity index (χ3n) is 2.13. The molecule has 0 radical (unpaired) electrons. The van der Waals surface area contributed by atoms with Gasteiger partial charge in [0, 0.05) is 12.7 Å². The normalized spacial score (nSPS) is 11.9. The summed E-state index contributed by atoms with van der Waals surface area (Å²) in [5.41, 5.74) is 4.38. The number of rotatable bonds is 4. The SMILES string of the molecule is CC(C)CCNc1nc(N)ncc1C(F)(F)F. The van der Waals surface area contributed by atoms with E-state index in [1.54, 1.807) is 0 Å². The third kappa shape index (κ3) is 4.08. The second kappa shape index (κ2) is 5.20. The van der Waals surface area contributed by atoms with Gasteiger partial charge in [-0.2, -0.15) is 18.2 Å². The van der Waals surface area contributed by atoms with Gasteiger partial charge in [-0.1, -0.05) is 13.8 Å². The van der Waals surface area contributed by atoms with Gasteiger partial charge >= 0.3 is 6.18 Å². The average molecular weight is 248 g/mol. The largest absolute Gasteiger partial charge is 0.421 e. The van der Waals surface area contributed by atoms with Crippen LogP contribution in [0.15, 0.2) is 6.20 Å². The Hall–Kier alpha value is -1.53. The number of nitrogen functional groups attached to an aromatic ring is 1. The van der Waals surface area contributed by atoms with Gasteiger partial charge in [0.2, 0.25) is 5.95 Å². The molecule has 4 nitrogen and oxygen atoms in total. The van der Waals surface area contributed by atoms with E-state index in [2.05, 4.69) is 15.3 Å². The summed E-state index contributed by atoms with van der Waals surface area (Å²) in [5, 5.41) is 2.64. The van der Waals surface area contributed by atoms with Crippen LogP contribution in [0.4, 0.5) is 24.9 Å². The maximum atomic E-state index is 12.6. The zero-order valence-corrected chi connectivity index (χ0v) is 9.67. The highest BCUT2D eigenvalue weighted by molar-refractivity contribution is 5.47. The molecule has 1 heterocycles. The van der Waals surface area contributed by atoms with E-state index >= 15 is 0 Å². The van der Waals surface area contributed by atoms with Crippen LogP contribution >= 0.6 is 0 Å². The van der Waals surface area contributed by atoms with Crippen LogP contribution < -0.4 is 11.1 Å². The Morgan fingerprint density at radius 2 is 2.06 bits per heavy atom. The smallest absolute Gasteiger partial charge is 0.369 e. The fourth-order valence-electron chi connectivity index (χ4n) is 1.22. The van der Waals surface area contributed by atoms with E-state index < -0.39 is 11.7 Å². The van der Waals surface area contributed by atoms with Crippen molar-refractivity contribution in [3.8, 4) is 0 Å². The van der Waals surface area contributed by atoms with Crippen molar-refractivity contribution in [3.05, 3.63) is 11.8 Å². The number of hydrogen-bond donors (Lipinski definition) is 2.